The van der Waals surface area contributed by atoms with E-state index in [1.54, 1.807) is 76.2 Å². The minimum absolute atomic E-state index is 0.00335. The Morgan fingerprint density at radius 2 is 1.69 bits per heavy atom. The van der Waals surface area contributed by atoms with E-state index in [4.69, 9.17) is 9.47 Å². The maximum Gasteiger partial charge on any atom is 0.421 e. The molecule has 1 saturated carbocycles. The number of carbonyl (C=O) groups is 5. The second-order valence-electron chi connectivity index (χ2n) is 9.83. The van der Waals surface area contributed by atoms with Crippen LogP contribution in [0.5, 0.6) is 0 Å². The third-order valence-electron chi connectivity index (χ3n) is 6.40. The van der Waals surface area contributed by atoms with Crippen LogP contribution in [0.1, 0.15) is 50.0 Å². The summed E-state index contributed by atoms with van der Waals surface area (Å²) in [5, 5.41) is 0. The molecule has 3 atom stereocenters. The van der Waals surface area contributed by atoms with Gasteiger partial charge in [0.25, 0.3) is 0 Å². The van der Waals surface area contributed by atoms with Crippen molar-refractivity contribution in [2.45, 2.75) is 45.1 Å². The summed E-state index contributed by atoms with van der Waals surface area (Å²) in [5.74, 6) is -5.66. The molecule has 0 aromatic heterocycles. The summed E-state index contributed by atoms with van der Waals surface area (Å²) in [6.45, 7) is 6.61. The molecule has 1 spiro atoms. The van der Waals surface area contributed by atoms with Gasteiger partial charge in [0.15, 0.2) is 5.78 Å². The van der Waals surface area contributed by atoms with Gasteiger partial charge in [0.05, 0.1) is 23.6 Å². The van der Waals surface area contributed by atoms with Crippen molar-refractivity contribution in [3.63, 3.8) is 0 Å². The minimum atomic E-state index is -1.76. The molecule has 0 N–H and O–H groups in total. The summed E-state index contributed by atoms with van der Waals surface area (Å²) in [6, 6.07) is 12.9. The number of fused-ring (bicyclic) bond motifs is 2. The Labute approximate surface area is 217 Å². The highest BCUT2D eigenvalue weighted by Gasteiger charge is 2.69. The summed E-state index contributed by atoms with van der Waals surface area (Å²) < 4.78 is 11.4. The summed E-state index contributed by atoms with van der Waals surface area (Å²) in [4.78, 5) is 68.5. The monoisotopic (exact) mass is 555 g/mol. The lowest BCUT2D eigenvalue weighted by atomic mass is 9.68. The lowest BCUT2D eigenvalue weighted by Crippen LogP contribution is -2.50. The number of carbonyl (C=O) groups excluding carboxylic acids is 5. The quantitative estimate of drug-likeness (QED) is 0.307. The van der Waals surface area contributed by atoms with Crippen LogP contribution in [0.25, 0.3) is 0 Å². The summed E-state index contributed by atoms with van der Waals surface area (Å²) in [6.07, 6.45) is -1.34. The highest BCUT2D eigenvalue weighted by atomic mass is 79.9. The standard InChI is InChI=1S/C27H26BrNO7/c1-5-35-23(32)20-19(30)14-27(21(20)22(31)15-10-12-16(28)13-11-15)17-8-6-7-9-18(17)29(24(27)33)25(34)36-26(2,3)4/h6-13,20-21H,5,14H2,1-4H3/t20-,21-,27-/m1/s1. The predicted octanol–water partition coefficient (Wildman–Crippen LogP) is 4.62. The molecule has 1 fully saturated rings. The van der Waals surface area contributed by atoms with E-state index in [0.717, 1.165) is 9.37 Å². The zero-order valence-corrected chi connectivity index (χ0v) is 22.0. The SMILES string of the molecule is CCOC(=O)[C@@H]1C(=O)C[C@]2(C(=O)N(C(=O)OC(C)(C)C)c3ccccc32)[C@H]1C(=O)c1ccc(Br)cc1. The van der Waals surface area contributed by atoms with E-state index < -0.39 is 58.8 Å². The second kappa shape index (κ2) is 9.28. The van der Waals surface area contributed by atoms with Crippen LogP contribution < -0.4 is 4.90 Å². The van der Waals surface area contributed by atoms with Crippen LogP contribution in [-0.4, -0.2) is 41.7 Å². The van der Waals surface area contributed by atoms with Crippen LogP contribution in [0.4, 0.5) is 10.5 Å². The number of hydrogen-bond donors (Lipinski definition) is 0. The molecule has 1 aliphatic carbocycles. The van der Waals surface area contributed by atoms with Gasteiger partial charge in [-0.3, -0.25) is 19.2 Å². The molecule has 2 aromatic rings. The molecule has 1 heterocycles. The zero-order chi connectivity index (χ0) is 26.4. The highest BCUT2D eigenvalue weighted by Crippen LogP contribution is 2.56. The Kier molecular flexibility index (Phi) is 6.64. The van der Waals surface area contributed by atoms with Gasteiger partial charge in [0, 0.05) is 16.5 Å². The molecule has 36 heavy (non-hydrogen) atoms. The number of rotatable bonds is 4. The number of anilines is 1. The first-order chi connectivity index (χ1) is 16.9. The Morgan fingerprint density at radius 1 is 1.06 bits per heavy atom. The number of ether oxygens (including phenoxy) is 2. The van der Waals surface area contributed by atoms with Gasteiger partial charge in [-0.1, -0.05) is 46.3 Å². The molecule has 4 rings (SSSR count). The molecule has 9 heteroatoms. The number of para-hydroxylation sites is 1. The topological polar surface area (TPSA) is 107 Å². The van der Waals surface area contributed by atoms with Crippen LogP contribution in [0.15, 0.2) is 53.0 Å². The number of Topliss-reactive ketones (excluding diaryl/α,β-unsaturated/α-hetero) is 2. The third kappa shape index (κ3) is 4.15. The smallest absolute Gasteiger partial charge is 0.421 e. The Hall–Kier alpha value is -3.33. The van der Waals surface area contributed by atoms with Gasteiger partial charge in [-0.15, -0.1) is 0 Å². The van der Waals surface area contributed by atoms with Crippen molar-refractivity contribution >= 4 is 51.2 Å². The van der Waals surface area contributed by atoms with Crippen molar-refractivity contribution < 1.29 is 33.4 Å². The molecule has 0 bridgehead atoms. The molecule has 2 aliphatic rings. The minimum Gasteiger partial charge on any atom is -0.465 e. The van der Waals surface area contributed by atoms with Gasteiger partial charge >= 0.3 is 12.1 Å². The van der Waals surface area contributed by atoms with Crippen LogP contribution >= 0.6 is 15.9 Å². The number of hydrogen-bond acceptors (Lipinski definition) is 7. The van der Waals surface area contributed by atoms with Crippen molar-refractivity contribution in [2.75, 3.05) is 11.5 Å². The molecule has 2 aromatic carbocycles. The maximum absolute atomic E-state index is 14.1. The molecular formula is C27H26BrNO7. The first-order valence-corrected chi connectivity index (χ1v) is 12.4. The number of imide groups is 1. The van der Waals surface area contributed by atoms with Crippen molar-refractivity contribution in [1.29, 1.82) is 0 Å². The third-order valence-corrected chi connectivity index (χ3v) is 6.93. The van der Waals surface area contributed by atoms with E-state index >= 15 is 0 Å². The van der Waals surface area contributed by atoms with E-state index in [-0.39, 0.29) is 17.9 Å². The molecule has 8 nitrogen and oxygen atoms in total. The van der Waals surface area contributed by atoms with Gasteiger partial charge in [-0.2, -0.15) is 0 Å². The predicted molar refractivity (Wildman–Crippen MR) is 134 cm³/mol. The molecular weight excluding hydrogens is 530 g/mol. The maximum atomic E-state index is 14.1. The van der Waals surface area contributed by atoms with Crippen molar-refractivity contribution in [2.24, 2.45) is 11.8 Å². The molecule has 2 amide bonds. The van der Waals surface area contributed by atoms with Crippen molar-refractivity contribution in [1.82, 2.24) is 0 Å². The van der Waals surface area contributed by atoms with E-state index in [0.29, 0.717) is 5.56 Å². The van der Waals surface area contributed by atoms with Crippen molar-refractivity contribution in [3.8, 4) is 0 Å². The van der Waals surface area contributed by atoms with Crippen molar-refractivity contribution in [3.05, 3.63) is 64.1 Å². The first kappa shape index (κ1) is 25.8. The van der Waals surface area contributed by atoms with Gasteiger partial charge in [0.2, 0.25) is 5.91 Å². The Balaban J connectivity index is 1.92. The number of esters is 1. The summed E-state index contributed by atoms with van der Waals surface area (Å²) >= 11 is 3.33. The van der Waals surface area contributed by atoms with Crippen LogP contribution in [0.2, 0.25) is 0 Å². The Bertz CT molecular complexity index is 1260. The van der Waals surface area contributed by atoms with Gasteiger partial charge in [-0.25, -0.2) is 9.69 Å². The van der Waals surface area contributed by atoms with Gasteiger partial charge < -0.3 is 9.47 Å². The number of nitrogens with zero attached hydrogens (tertiary/aromatic N) is 1. The zero-order valence-electron chi connectivity index (χ0n) is 20.4. The van der Waals surface area contributed by atoms with Crippen LogP contribution in [0.3, 0.4) is 0 Å². The lowest BCUT2D eigenvalue weighted by Gasteiger charge is -2.31. The number of ketones is 2. The largest absolute Gasteiger partial charge is 0.465 e. The second-order valence-corrected chi connectivity index (χ2v) is 10.7. The average Bonchev–Trinajstić information content (AvgIpc) is 3.24. The fraction of sp³-hybridized carbons (Fsp3) is 0.370. The molecule has 188 valence electrons. The molecule has 0 unspecified atom stereocenters. The fourth-order valence-electron chi connectivity index (χ4n) is 5.06. The van der Waals surface area contributed by atoms with E-state index in [9.17, 15) is 24.0 Å². The normalized spacial score (nSPS) is 23.1. The van der Waals surface area contributed by atoms with E-state index in [1.807, 2.05) is 0 Å². The van der Waals surface area contributed by atoms with Gasteiger partial charge in [-0.05, 0) is 51.5 Å². The fourth-order valence-corrected chi connectivity index (χ4v) is 5.33. The first-order valence-electron chi connectivity index (χ1n) is 11.6. The molecule has 0 saturated heterocycles. The van der Waals surface area contributed by atoms with E-state index in [2.05, 4.69) is 15.9 Å². The number of halogens is 1. The lowest BCUT2D eigenvalue weighted by molar-refractivity contribution is -0.151. The summed E-state index contributed by atoms with van der Waals surface area (Å²) in [5.41, 5.74) is -1.87. The molecule has 0 radical (unpaired) electrons. The molecule has 1 aliphatic heterocycles. The number of amides is 2. The van der Waals surface area contributed by atoms with Crippen LogP contribution in [0, 0.1) is 11.8 Å². The van der Waals surface area contributed by atoms with E-state index in [1.165, 1.54) is 0 Å². The summed E-state index contributed by atoms with van der Waals surface area (Å²) in [7, 11) is 0. The highest BCUT2D eigenvalue weighted by molar-refractivity contribution is 9.10. The van der Waals surface area contributed by atoms with Gasteiger partial charge in [0.1, 0.15) is 17.3 Å². The number of benzene rings is 2. The van der Waals surface area contributed by atoms with Crippen LogP contribution in [-0.2, 0) is 29.3 Å². The Morgan fingerprint density at radius 3 is 2.31 bits per heavy atom. The average molecular weight is 556 g/mol.